The summed E-state index contributed by atoms with van der Waals surface area (Å²) < 4.78 is 59.4. The van der Waals surface area contributed by atoms with Crippen LogP contribution < -0.4 is 24.8 Å². The van der Waals surface area contributed by atoms with E-state index in [9.17, 15) is 22.4 Å². The van der Waals surface area contributed by atoms with Crippen LogP contribution in [-0.4, -0.2) is 43.4 Å². The maximum absolute atomic E-state index is 14.5. The number of halogens is 2. The first-order valence-corrected chi connectivity index (χ1v) is 16.4. The summed E-state index contributed by atoms with van der Waals surface area (Å²) >= 11 is 6.16. The number of anilines is 3. The lowest BCUT2D eigenvalue weighted by Gasteiger charge is -2.20. The van der Waals surface area contributed by atoms with Crippen LogP contribution in [-0.2, 0) is 27.9 Å². The van der Waals surface area contributed by atoms with Gasteiger partial charge in [0.25, 0.3) is 5.91 Å². The Balaban J connectivity index is 1.37. The van der Waals surface area contributed by atoms with E-state index in [0.717, 1.165) is 6.26 Å². The van der Waals surface area contributed by atoms with Crippen molar-refractivity contribution in [3.05, 3.63) is 88.8 Å². The fourth-order valence-electron chi connectivity index (χ4n) is 4.81. The van der Waals surface area contributed by atoms with Gasteiger partial charge in [-0.3, -0.25) is 14.8 Å². The van der Waals surface area contributed by atoms with Crippen molar-refractivity contribution >= 4 is 50.7 Å². The summed E-state index contributed by atoms with van der Waals surface area (Å²) in [5.74, 6) is -0.0354. The zero-order valence-electron chi connectivity index (χ0n) is 25.4. The van der Waals surface area contributed by atoms with Gasteiger partial charge in [0, 0.05) is 22.6 Å². The normalized spacial score (nSPS) is 12.6. The van der Waals surface area contributed by atoms with E-state index in [-0.39, 0.29) is 23.0 Å². The van der Waals surface area contributed by atoms with Gasteiger partial charge in [-0.15, -0.1) is 0 Å². The molecule has 4 aromatic rings. The SMILES string of the molecule is CC(C)(C)OC(=O)Nc1cc(F)cc(COc2cccc3c2-c2cc(C(=O)Nc4cc(Cl)cc(NS(C)(=O)=O)c4)cn2CCO3)c1. The molecule has 0 aliphatic carbocycles. The summed E-state index contributed by atoms with van der Waals surface area (Å²) in [4.78, 5) is 25.5. The standard InChI is InChI=1S/C32H32ClFN4O7S/c1-32(2,3)45-31(40)36-23-11-19(10-22(34)15-23)18-44-28-7-5-6-27-29(28)26-12-20(17-38(26)8-9-43-27)30(39)35-24-13-21(33)14-25(16-24)37-46(4,41)42/h5-7,10-17,37H,8-9,18H2,1-4H3,(H,35,39)(H,36,40). The summed E-state index contributed by atoms with van der Waals surface area (Å²) in [7, 11) is -3.56. The lowest BCUT2D eigenvalue weighted by molar-refractivity contribution is 0.0635. The monoisotopic (exact) mass is 670 g/mol. The molecule has 11 nitrogen and oxygen atoms in total. The molecule has 0 atom stereocenters. The van der Waals surface area contributed by atoms with Crippen molar-refractivity contribution in [3.8, 4) is 22.8 Å². The molecule has 0 radical (unpaired) electrons. The molecule has 2 heterocycles. The number of carbonyl (C=O) groups is 2. The number of nitrogens with zero attached hydrogens (tertiary/aromatic N) is 1. The summed E-state index contributed by atoms with van der Waals surface area (Å²) in [5, 5.41) is 5.54. The average Bonchev–Trinajstić information content (AvgIpc) is 3.25. The van der Waals surface area contributed by atoms with E-state index in [2.05, 4.69) is 15.4 Å². The third-order valence-corrected chi connectivity index (χ3v) is 7.27. The lowest BCUT2D eigenvalue weighted by Crippen LogP contribution is -2.27. The van der Waals surface area contributed by atoms with Crippen molar-refractivity contribution < 1.29 is 36.6 Å². The van der Waals surface area contributed by atoms with E-state index < -0.39 is 33.4 Å². The van der Waals surface area contributed by atoms with Gasteiger partial charge in [-0.25, -0.2) is 17.6 Å². The summed E-state index contributed by atoms with van der Waals surface area (Å²) in [5.41, 5.74) is 2.05. The van der Waals surface area contributed by atoms with E-state index in [1.165, 1.54) is 30.3 Å². The Hall–Kier alpha value is -4.75. The molecule has 242 valence electrons. The van der Waals surface area contributed by atoms with E-state index in [0.29, 0.717) is 52.7 Å². The highest BCUT2D eigenvalue weighted by atomic mass is 35.5. The number of benzene rings is 3. The van der Waals surface area contributed by atoms with Gasteiger partial charge in [-0.1, -0.05) is 17.7 Å². The highest BCUT2D eigenvalue weighted by molar-refractivity contribution is 7.92. The maximum atomic E-state index is 14.5. The lowest BCUT2D eigenvalue weighted by atomic mass is 10.1. The summed E-state index contributed by atoms with van der Waals surface area (Å²) in [6.07, 6.45) is 1.98. The topological polar surface area (TPSA) is 137 Å². The van der Waals surface area contributed by atoms with Crippen molar-refractivity contribution in [3.63, 3.8) is 0 Å². The van der Waals surface area contributed by atoms with Gasteiger partial charge in [-0.2, -0.15) is 0 Å². The Morgan fingerprint density at radius 2 is 1.76 bits per heavy atom. The Morgan fingerprint density at radius 3 is 2.50 bits per heavy atom. The molecule has 0 saturated carbocycles. The first-order valence-electron chi connectivity index (χ1n) is 14.1. The third-order valence-electron chi connectivity index (χ3n) is 6.45. The largest absolute Gasteiger partial charge is 0.491 e. The van der Waals surface area contributed by atoms with E-state index in [1.54, 1.807) is 57.3 Å². The number of rotatable bonds is 8. The number of hydrogen-bond donors (Lipinski definition) is 3. The molecule has 0 bridgehead atoms. The fraction of sp³-hybridized carbons (Fsp3) is 0.250. The molecule has 1 aliphatic heterocycles. The Bertz CT molecular complexity index is 1920. The zero-order valence-corrected chi connectivity index (χ0v) is 27.0. The predicted octanol–water partition coefficient (Wildman–Crippen LogP) is 6.89. The minimum absolute atomic E-state index is 0.0378. The minimum Gasteiger partial charge on any atom is -0.491 e. The van der Waals surface area contributed by atoms with Gasteiger partial charge >= 0.3 is 6.09 Å². The van der Waals surface area contributed by atoms with Crippen LogP contribution in [0.4, 0.5) is 26.2 Å². The summed E-state index contributed by atoms with van der Waals surface area (Å²) in [6, 6.07) is 15.5. The first-order chi connectivity index (χ1) is 21.6. The van der Waals surface area contributed by atoms with Gasteiger partial charge in [0.15, 0.2) is 0 Å². The van der Waals surface area contributed by atoms with E-state index in [4.69, 9.17) is 25.8 Å². The highest BCUT2D eigenvalue weighted by Gasteiger charge is 2.24. The molecule has 46 heavy (non-hydrogen) atoms. The van der Waals surface area contributed by atoms with Crippen molar-refractivity contribution in [2.75, 3.05) is 28.2 Å². The number of nitrogens with one attached hydrogen (secondary N) is 3. The van der Waals surface area contributed by atoms with Crippen LogP contribution in [0.1, 0.15) is 36.7 Å². The number of fused-ring (bicyclic) bond motifs is 3. The van der Waals surface area contributed by atoms with E-state index >= 15 is 0 Å². The molecule has 0 saturated heterocycles. The van der Waals surface area contributed by atoms with Crippen LogP contribution in [0.25, 0.3) is 11.3 Å². The van der Waals surface area contributed by atoms with Crippen molar-refractivity contribution in [2.45, 2.75) is 39.5 Å². The van der Waals surface area contributed by atoms with E-state index in [1.807, 2.05) is 4.57 Å². The Morgan fingerprint density at radius 1 is 1.02 bits per heavy atom. The molecule has 1 aliphatic rings. The molecular formula is C32H32ClFN4O7S. The number of amides is 2. The zero-order chi connectivity index (χ0) is 33.2. The third kappa shape index (κ3) is 8.49. The average molecular weight is 671 g/mol. The van der Waals surface area contributed by atoms with Crippen molar-refractivity contribution in [1.29, 1.82) is 0 Å². The summed E-state index contributed by atoms with van der Waals surface area (Å²) in [6.45, 7) is 5.92. The molecule has 5 rings (SSSR count). The Labute approximate surface area is 270 Å². The molecule has 0 spiro atoms. The predicted molar refractivity (Wildman–Crippen MR) is 174 cm³/mol. The quantitative estimate of drug-likeness (QED) is 0.186. The van der Waals surface area contributed by atoms with Gasteiger partial charge in [0.2, 0.25) is 10.0 Å². The Kier molecular flexibility index (Phi) is 9.17. The molecule has 2 amide bonds. The first kappa shape index (κ1) is 32.6. The maximum Gasteiger partial charge on any atom is 0.412 e. The molecule has 0 unspecified atom stereocenters. The van der Waals surface area contributed by atoms with Crippen LogP contribution in [0.3, 0.4) is 0 Å². The van der Waals surface area contributed by atoms with Gasteiger partial charge in [-0.05, 0) is 80.9 Å². The van der Waals surface area contributed by atoms with Crippen LogP contribution in [0, 0.1) is 5.82 Å². The molecule has 3 N–H and O–H groups in total. The van der Waals surface area contributed by atoms with Gasteiger partial charge in [0.05, 0.1) is 35.3 Å². The second-order valence-electron chi connectivity index (χ2n) is 11.6. The molecule has 1 aromatic heterocycles. The number of sulfonamides is 1. The van der Waals surface area contributed by atoms with Crippen molar-refractivity contribution in [2.24, 2.45) is 0 Å². The number of hydrogen-bond acceptors (Lipinski definition) is 7. The van der Waals surface area contributed by atoms with Crippen LogP contribution in [0.15, 0.2) is 66.9 Å². The fourth-order valence-corrected chi connectivity index (χ4v) is 5.60. The number of ether oxygens (including phenoxy) is 3. The van der Waals surface area contributed by atoms with Gasteiger partial charge in [0.1, 0.15) is 36.1 Å². The molecular weight excluding hydrogens is 639 g/mol. The van der Waals surface area contributed by atoms with Crippen LogP contribution >= 0.6 is 11.6 Å². The smallest absolute Gasteiger partial charge is 0.412 e. The second-order valence-corrected chi connectivity index (χ2v) is 13.8. The minimum atomic E-state index is -3.56. The molecule has 3 aromatic carbocycles. The van der Waals surface area contributed by atoms with Crippen LogP contribution in [0.2, 0.25) is 5.02 Å². The highest BCUT2D eigenvalue weighted by Crippen LogP contribution is 2.41. The molecule has 14 heteroatoms. The number of carbonyl (C=O) groups excluding carboxylic acids is 2. The van der Waals surface area contributed by atoms with Crippen LogP contribution in [0.5, 0.6) is 11.5 Å². The van der Waals surface area contributed by atoms with Gasteiger partial charge < -0.3 is 24.1 Å². The second kappa shape index (κ2) is 12.9. The van der Waals surface area contributed by atoms with Crippen molar-refractivity contribution in [1.82, 2.24) is 4.57 Å². The number of aromatic nitrogens is 1. The molecule has 0 fully saturated rings.